The van der Waals surface area contributed by atoms with Crippen LogP contribution >= 0.6 is 0 Å². The van der Waals surface area contributed by atoms with Gasteiger partial charge in [0.2, 0.25) is 0 Å². The van der Waals surface area contributed by atoms with Gasteiger partial charge in [0, 0.05) is 49.8 Å². The standard InChI is InChI=1S/C43H26N4O3.Pt/c1-28-22-41(44-25-37(28)31-16-14-30(15-17-31)29-8-3-2-4-9-29)47-38-13-6-5-12-35(38)36-19-18-34(24-39(36)47)50-33-11-7-10-32(23-33)40-26-49-43-42-45(20-21-48-42)27-46(40)43;/h2-22,25-26H,1H3;/q-2;/i2D,3D,4D,8D,9D;. The first kappa shape index (κ1) is 25.8. The first-order valence-corrected chi connectivity index (χ1v) is 15.9. The first-order chi connectivity index (χ1) is 26.7. The van der Waals surface area contributed by atoms with Crippen LogP contribution in [0.5, 0.6) is 11.5 Å². The molecule has 0 spiro atoms. The van der Waals surface area contributed by atoms with Crippen molar-refractivity contribution in [3.05, 3.63) is 164 Å². The molecule has 0 saturated heterocycles. The molecule has 0 amide bonds. The number of oxazole rings is 2. The molecule has 0 unspecified atom stereocenters. The number of rotatable bonds is 6. The van der Waals surface area contributed by atoms with Gasteiger partial charge in [0.15, 0.2) is 0 Å². The van der Waals surface area contributed by atoms with Crippen LogP contribution in [0.15, 0.2) is 149 Å². The summed E-state index contributed by atoms with van der Waals surface area (Å²) in [5.74, 6) is 1.72. The Labute approximate surface area is 313 Å². The molecule has 0 aliphatic heterocycles. The van der Waals surface area contributed by atoms with Crippen LogP contribution in [0.2, 0.25) is 0 Å². The second kappa shape index (κ2) is 12.3. The minimum atomic E-state index is -0.412. The van der Waals surface area contributed by atoms with Crippen molar-refractivity contribution in [2.24, 2.45) is 0 Å². The molecule has 5 aromatic carbocycles. The van der Waals surface area contributed by atoms with Crippen molar-refractivity contribution in [1.29, 1.82) is 0 Å². The summed E-state index contributed by atoms with van der Waals surface area (Å²) in [6.07, 6.45) is 10.0. The zero-order valence-electron chi connectivity index (χ0n) is 31.7. The van der Waals surface area contributed by atoms with Crippen molar-refractivity contribution in [2.75, 3.05) is 0 Å². The van der Waals surface area contributed by atoms with E-state index in [0.717, 1.165) is 49.8 Å². The number of pyridine rings is 1. The molecular formula is C43H26N4O3Pt-2. The van der Waals surface area contributed by atoms with Gasteiger partial charge in [-0.15, -0.1) is 35.7 Å². The molecule has 0 aliphatic rings. The molecule has 5 heterocycles. The minimum absolute atomic E-state index is 0. The van der Waals surface area contributed by atoms with Crippen LogP contribution in [-0.4, -0.2) is 14.0 Å². The predicted molar refractivity (Wildman–Crippen MR) is 191 cm³/mol. The quantitative estimate of drug-likeness (QED) is 0.124. The molecule has 0 N–H and O–H groups in total. The zero-order chi connectivity index (χ0) is 37.5. The number of fused-ring (bicyclic) bond motifs is 6. The molecule has 5 aromatic heterocycles. The monoisotopic (exact) mass is 846 g/mol. The van der Waals surface area contributed by atoms with E-state index >= 15 is 0 Å². The van der Waals surface area contributed by atoms with Crippen molar-refractivity contribution >= 4 is 33.2 Å². The average Bonchev–Trinajstić information content (AvgIpc) is 3.98. The summed E-state index contributed by atoms with van der Waals surface area (Å²) in [5.41, 5.74) is 7.84. The van der Waals surface area contributed by atoms with Gasteiger partial charge >= 0.3 is 0 Å². The van der Waals surface area contributed by atoms with E-state index in [1.807, 2.05) is 73.8 Å². The Kier molecular flexibility index (Phi) is 6.21. The van der Waals surface area contributed by atoms with E-state index in [9.17, 15) is 0 Å². The van der Waals surface area contributed by atoms with Gasteiger partial charge in [0.25, 0.3) is 17.8 Å². The SMILES string of the molecule is [2H]c1c([2H])c([2H])c(-c2ccc(-c3cnc(-n4c5[c-]c(Oc6[c-]c(-c7coc8c9occ[n+]9[c-]n78)ccc6)ccc5c5ccccc54)cc3C)cc2)c([2H])c1[2H].[Pt]. The van der Waals surface area contributed by atoms with Crippen molar-refractivity contribution < 1.29 is 45.9 Å². The molecule has 0 radical (unpaired) electrons. The number of benzene rings is 5. The van der Waals surface area contributed by atoms with E-state index in [0.29, 0.717) is 34.3 Å². The molecule has 0 saturated carbocycles. The number of hydrogen-bond acceptors (Lipinski definition) is 4. The Morgan fingerprint density at radius 3 is 2.51 bits per heavy atom. The first-order valence-electron chi connectivity index (χ1n) is 18.4. The number of nitrogens with zero attached hydrogens (tertiary/aromatic N) is 4. The van der Waals surface area contributed by atoms with E-state index in [1.54, 1.807) is 39.7 Å². The van der Waals surface area contributed by atoms with Crippen LogP contribution in [0.1, 0.15) is 12.4 Å². The number of imidazole rings is 1. The van der Waals surface area contributed by atoms with Crippen molar-refractivity contribution in [1.82, 2.24) is 14.0 Å². The summed E-state index contributed by atoms with van der Waals surface area (Å²) in [5, 5.41) is 2.05. The molecule has 248 valence electrons. The number of para-hydroxylation sites is 1. The molecule has 51 heavy (non-hydrogen) atoms. The largest absolute Gasteiger partial charge is 0.503 e. The summed E-state index contributed by atoms with van der Waals surface area (Å²) in [6, 6.07) is 32.4. The number of hydrogen-bond donors (Lipinski definition) is 0. The maximum absolute atomic E-state index is 8.37. The van der Waals surface area contributed by atoms with Crippen LogP contribution in [0, 0.1) is 25.4 Å². The molecule has 0 atom stereocenters. The van der Waals surface area contributed by atoms with Gasteiger partial charge in [-0.3, -0.25) is 8.80 Å². The van der Waals surface area contributed by atoms with E-state index < -0.39 is 6.04 Å². The molecule has 8 heteroatoms. The molecular weight excluding hydrogens is 816 g/mol. The number of aryl methyl sites for hydroxylation is 1. The summed E-state index contributed by atoms with van der Waals surface area (Å²) >= 11 is 0. The summed E-state index contributed by atoms with van der Waals surface area (Å²) in [6.45, 7) is 2.02. The van der Waals surface area contributed by atoms with Crippen LogP contribution in [0.3, 0.4) is 0 Å². The minimum Gasteiger partial charge on any atom is -0.503 e. The molecule has 0 aliphatic carbocycles. The number of ether oxygens (including phenoxy) is 1. The number of aromatic nitrogens is 4. The van der Waals surface area contributed by atoms with Gasteiger partial charge in [-0.25, -0.2) is 4.98 Å². The van der Waals surface area contributed by atoms with Crippen molar-refractivity contribution in [2.45, 2.75) is 6.92 Å². The van der Waals surface area contributed by atoms with Gasteiger partial charge in [-0.2, -0.15) is 6.07 Å². The van der Waals surface area contributed by atoms with Crippen LogP contribution < -0.4 is 9.14 Å². The maximum atomic E-state index is 8.37. The van der Waals surface area contributed by atoms with Gasteiger partial charge in [0.05, 0.1) is 31.3 Å². The van der Waals surface area contributed by atoms with Gasteiger partial charge in [0.1, 0.15) is 5.82 Å². The van der Waals surface area contributed by atoms with E-state index in [4.69, 9.17) is 25.4 Å². The molecule has 7 nitrogen and oxygen atoms in total. The van der Waals surface area contributed by atoms with Crippen LogP contribution in [0.25, 0.3) is 72.6 Å². The Balaban J connectivity index is 0.00000410. The summed E-state index contributed by atoms with van der Waals surface area (Å²) in [4.78, 5) is 4.93. The van der Waals surface area contributed by atoms with Gasteiger partial charge < -0.3 is 18.1 Å². The van der Waals surface area contributed by atoms with Crippen molar-refractivity contribution in [3.8, 4) is 50.8 Å². The Morgan fingerprint density at radius 2 is 1.65 bits per heavy atom. The summed E-state index contributed by atoms with van der Waals surface area (Å²) in [7, 11) is 0. The van der Waals surface area contributed by atoms with E-state index in [2.05, 4.69) is 35.2 Å². The third-order valence-electron chi connectivity index (χ3n) is 8.86. The fourth-order valence-electron chi connectivity index (χ4n) is 6.50. The van der Waals surface area contributed by atoms with E-state index in [-0.39, 0.29) is 50.8 Å². The topological polar surface area (TPSA) is 61.8 Å². The summed E-state index contributed by atoms with van der Waals surface area (Å²) < 4.78 is 64.1. The van der Waals surface area contributed by atoms with Crippen LogP contribution in [-0.2, 0) is 21.1 Å². The fourth-order valence-corrected chi connectivity index (χ4v) is 6.50. The Hall–Kier alpha value is -6.17. The molecule has 0 fully saturated rings. The van der Waals surface area contributed by atoms with Crippen molar-refractivity contribution in [3.63, 3.8) is 0 Å². The predicted octanol–water partition coefficient (Wildman–Crippen LogP) is 9.86. The van der Waals surface area contributed by atoms with E-state index in [1.165, 1.54) is 0 Å². The molecule has 10 rings (SSSR count). The molecule has 0 bridgehead atoms. The fraction of sp³-hybridized carbons (Fsp3) is 0.0233. The second-order valence-electron chi connectivity index (χ2n) is 11.8. The Bertz CT molecular complexity index is 3140. The third kappa shape index (κ3) is 5.17. The van der Waals surface area contributed by atoms with Crippen LogP contribution in [0.4, 0.5) is 0 Å². The molecule has 10 aromatic rings. The average molecular weight is 847 g/mol. The smallest absolute Gasteiger partial charge is 0.279 e. The van der Waals surface area contributed by atoms with Gasteiger partial charge in [-0.05, 0) is 46.7 Å². The maximum Gasteiger partial charge on any atom is 0.279 e. The normalized spacial score (nSPS) is 12.8. The zero-order valence-corrected chi connectivity index (χ0v) is 29.0. The third-order valence-corrected chi connectivity index (χ3v) is 8.86. The Morgan fingerprint density at radius 1 is 0.824 bits per heavy atom. The second-order valence-corrected chi connectivity index (χ2v) is 11.8. The van der Waals surface area contributed by atoms with Gasteiger partial charge in [-0.1, -0.05) is 89.8 Å².